The van der Waals surface area contributed by atoms with Crippen molar-refractivity contribution in [2.24, 2.45) is 0 Å². The van der Waals surface area contributed by atoms with Gasteiger partial charge < -0.3 is 19.2 Å². The number of benzene rings is 3. The maximum absolute atomic E-state index is 12.8. The van der Waals surface area contributed by atoms with Crippen LogP contribution in [0, 0.1) is 0 Å². The van der Waals surface area contributed by atoms with E-state index in [1.807, 2.05) is 54.7 Å². The molecule has 0 fully saturated rings. The highest BCUT2D eigenvalue weighted by Crippen LogP contribution is 2.35. The van der Waals surface area contributed by atoms with E-state index in [1.165, 1.54) is 0 Å². The molecule has 0 amide bonds. The van der Waals surface area contributed by atoms with Gasteiger partial charge in [-0.3, -0.25) is 4.79 Å². The fourth-order valence-corrected chi connectivity index (χ4v) is 3.50. The predicted octanol–water partition coefficient (Wildman–Crippen LogP) is 5.37. The number of ketones is 1. The first kappa shape index (κ1) is 18.1. The minimum atomic E-state index is -0.128. The van der Waals surface area contributed by atoms with Crippen molar-refractivity contribution in [3.05, 3.63) is 95.4 Å². The number of hydrogen-bond acceptors (Lipinski definition) is 4. The molecule has 0 saturated carbocycles. The van der Waals surface area contributed by atoms with Gasteiger partial charge >= 0.3 is 0 Å². The van der Waals surface area contributed by atoms with Crippen LogP contribution in [0.5, 0.6) is 17.2 Å². The Balaban J connectivity index is 1.34. The molecule has 0 aliphatic carbocycles. The Morgan fingerprint density at radius 3 is 2.63 bits per heavy atom. The second-order valence-corrected chi connectivity index (χ2v) is 7.02. The average Bonchev–Trinajstić information content (AvgIpc) is 3.34. The number of nitrogens with one attached hydrogen (secondary N) is 1. The lowest BCUT2D eigenvalue weighted by Crippen LogP contribution is -1.97. The first-order valence-corrected chi connectivity index (χ1v) is 9.61. The summed E-state index contributed by atoms with van der Waals surface area (Å²) in [5.41, 5.74) is 3.49. The van der Waals surface area contributed by atoms with Crippen LogP contribution in [-0.2, 0) is 6.61 Å². The summed E-state index contributed by atoms with van der Waals surface area (Å²) in [6.45, 7) is 0.411. The molecule has 3 aromatic carbocycles. The van der Waals surface area contributed by atoms with Gasteiger partial charge in [0.25, 0.3) is 0 Å². The lowest BCUT2D eigenvalue weighted by Gasteiger charge is -2.08. The van der Waals surface area contributed by atoms with Gasteiger partial charge in [-0.2, -0.15) is 0 Å². The number of rotatable bonds is 5. The molecule has 30 heavy (non-hydrogen) atoms. The fourth-order valence-electron chi connectivity index (χ4n) is 3.50. The van der Waals surface area contributed by atoms with E-state index in [0.29, 0.717) is 29.4 Å². The van der Waals surface area contributed by atoms with Gasteiger partial charge in [0.15, 0.2) is 5.76 Å². The van der Waals surface area contributed by atoms with Gasteiger partial charge in [0.05, 0.1) is 12.7 Å². The number of Topliss-reactive ketones (excluding diaryl/α,β-unsaturated/α-hetero) is 1. The molecule has 0 spiro atoms. The van der Waals surface area contributed by atoms with Crippen LogP contribution in [0.3, 0.4) is 0 Å². The minimum Gasteiger partial charge on any atom is -0.497 e. The summed E-state index contributed by atoms with van der Waals surface area (Å²) in [7, 11) is 1.64. The highest BCUT2D eigenvalue weighted by atomic mass is 16.5. The molecule has 5 nitrogen and oxygen atoms in total. The van der Waals surface area contributed by atoms with Crippen LogP contribution >= 0.6 is 0 Å². The summed E-state index contributed by atoms with van der Waals surface area (Å²) in [5, 5.41) is 1.04. The van der Waals surface area contributed by atoms with E-state index in [0.717, 1.165) is 27.8 Å². The van der Waals surface area contributed by atoms with E-state index in [9.17, 15) is 4.79 Å². The van der Waals surface area contributed by atoms with Crippen molar-refractivity contribution in [1.29, 1.82) is 0 Å². The molecule has 1 N–H and O–H groups in total. The highest BCUT2D eigenvalue weighted by Gasteiger charge is 2.28. The quantitative estimate of drug-likeness (QED) is 0.460. The van der Waals surface area contributed by atoms with E-state index in [1.54, 1.807) is 31.4 Å². The highest BCUT2D eigenvalue weighted by molar-refractivity contribution is 6.15. The number of allylic oxidation sites excluding steroid dienone is 1. The monoisotopic (exact) mass is 397 g/mol. The van der Waals surface area contributed by atoms with Gasteiger partial charge in [-0.1, -0.05) is 30.3 Å². The molecular weight excluding hydrogens is 378 g/mol. The number of methoxy groups -OCH3 is 1. The minimum absolute atomic E-state index is 0.128. The molecular formula is C25H19NO4. The molecule has 5 rings (SSSR count). The lowest BCUT2D eigenvalue weighted by molar-refractivity contribution is 0.101. The number of fused-ring (bicyclic) bond motifs is 2. The zero-order valence-corrected chi connectivity index (χ0v) is 16.3. The summed E-state index contributed by atoms with van der Waals surface area (Å²) in [4.78, 5) is 16.0. The van der Waals surface area contributed by atoms with Crippen LogP contribution in [0.4, 0.5) is 0 Å². The normalized spacial score (nSPS) is 14.0. The first-order valence-electron chi connectivity index (χ1n) is 9.61. The molecule has 1 aliphatic heterocycles. The molecule has 0 bridgehead atoms. The summed E-state index contributed by atoms with van der Waals surface area (Å²) < 4.78 is 16.9. The first-order chi connectivity index (χ1) is 14.7. The van der Waals surface area contributed by atoms with Crippen LogP contribution in [-0.4, -0.2) is 17.9 Å². The summed E-state index contributed by atoms with van der Waals surface area (Å²) in [6.07, 6.45) is 3.65. The zero-order valence-electron chi connectivity index (χ0n) is 16.3. The topological polar surface area (TPSA) is 60.6 Å². The van der Waals surface area contributed by atoms with E-state index >= 15 is 0 Å². The Morgan fingerprint density at radius 1 is 1.00 bits per heavy atom. The van der Waals surface area contributed by atoms with Gasteiger partial charge in [0.2, 0.25) is 5.78 Å². The van der Waals surface area contributed by atoms with E-state index < -0.39 is 0 Å². The molecule has 5 heteroatoms. The van der Waals surface area contributed by atoms with Crippen LogP contribution in [0.1, 0.15) is 21.5 Å². The van der Waals surface area contributed by atoms with E-state index in [2.05, 4.69) is 4.98 Å². The van der Waals surface area contributed by atoms with Crippen molar-refractivity contribution < 1.29 is 19.0 Å². The smallest absolute Gasteiger partial charge is 0.231 e. The number of hydrogen-bond donors (Lipinski definition) is 1. The number of aromatic nitrogens is 1. The summed E-state index contributed by atoms with van der Waals surface area (Å²) >= 11 is 0. The van der Waals surface area contributed by atoms with Crippen molar-refractivity contribution >= 4 is 22.8 Å². The lowest BCUT2D eigenvalue weighted by atomic mass is 10.1. The largest absolute Gasteiger partial charge is 0.497 e. The molecule has 0 atom stereocenters. The molecule has 0 radical (unpaired) electrons. The second-order valence-electron chi connectivity index (χ2n) is 7.02. The van der Waals surface area contributed by atoms with Crippen molar-refractivity contribution in [3.63, 3.8) is 0 Å². The third-order valence-corrected chi connectivity index (χ3v) is 5.11. The Bertz CT molecular complexity index is 1270. The predicted molar refractivity (Wildman–Crippen MR) is 115 cm³/mol. The fraction of sp³-hybridized carbons (Fsp3) is 0.0800. The molecule has 2 heterocycles. The third kappa shape index (κ3) is 3.31. The standard InChI is InChI=1S/C25H19NO4/c1-28-18-8-6-16(7-9-18)15-29-19-10-11-21-23(13-19)30-24(25(21)27)12-17-14-26-22-5-3-2-4-20(17)22/h2-14,26H,15H2,1H3. The molecule has 4 aromatic rings. The van der Waals surface area contributed by atoms with Crippen LogP contribution in [0.2, 0.25) is 0 Å². The second kappa shape index (κ2) is 7.44. The summed E-state index contributed by atoms with van der Waals surface area (Å²) in [5.74, 6) is 2.14. The Hall–Kier alpha value is -3.99. The van der Waals surface area contributed by atoms with Gasteiger partial charge in [-0.15, -0.1) is 0 Å². The maximum Gasteiger partial charge on any atom is 0.231 e. The Kier molecular flexibility index (Phi) is 4.48. The van der Waals surface area contributed by atoms with Crippen molar-refractivity contribution in [3.8, 4) is 17.2 Å². The van der Waals surface area contributed by atoms with E-state index in [-0.39, 0.29) is 5.78 Å². The van der Waals surface area contributed by atoms with Crippen molar-refractivity contribution in [2.75, 3.05) is 7.11 Å². The van der Waals surface area contributed by atoms with Crippen LogP contribution < -0.4 is 14.2 Å². The number of ether oxygens (including phenoxy) is 3. The Labute approximate surface area is 173 Å². The molecule has 1 aromatic heterocycles. The van der Waals surface area contributed by atoms with Gasteiger partial charge in [0.1, 0.15) is 23.9 Å². The zero-order chi connectivity index (χ0) is 20.5. The SMILES string of the molecule is COc1ccc(COc2ccc3c(c2)OC(=Cc2c[nH]c4ccccc24)C3=O)cc1. The number of para-hydroxylation sites is 1. The number of H-pyrrole nitrogens is 1. The average molecular weight is 397 g/mol. The number of aromatic amines is 1. The van der Waals surface area contributed by atoms with Crippen LogP contribution in [0.15, 0.2) is 78.7 Å². The molecule has 1 aliphatic rings. The third-order valence-electron chi connectivity index (χ3n) is 5.11. The van der Waals surface area contributed by atoms with Crippen molar-refractivity contribution in [1.82, 2.24) is 4.98 Å². The number of carbonyl (C=O) groups is 1. The molecule has 0 saturated heterocycles. The van der Waals surface area contributed by atoms with Gasteiger partial charge in [-0.25, -0.2) is 0 Å². The summed E-state index contributed by atoms with van der Waals surface area (Å²) in [6, 6.07) is 20.9. The van der Waals surface area contributed by atoms with Gasteiger partial charge in [0, 0.05) is 28.7 Å². The van der Waals surface area contributed by atoms with Crippen LogP contribution in [0.25, 0.3) is 17.0 Å². The Morgan fingerprint density at radius 2 is 1.80 bits per heavy atom. The van der Waals surface area contributed by atoms with E-state index in [4.69, 9.17) is 14.2 Å². The molecule has 0 unspecified atom stereocenters. The van der Waals surface area contributed by atoms with Gasteiger partial charge in [-0.05, 0) is 42.0 Å². The van der Waals surface area contributed by atoms with Crippen molar-refractivity contribution in [2.45, 2.75) is 6.61 Å². The maximum atomic E-state index is 12.8. The molecule has 148 valence electrons. The number of carbonyl (C=O) groups excluding carboxylic acids is 1.